The predicted molar refractivity (Wildman–Crippen MR) is 86.8 cm³/mol. The van der Waals surface area contributed by atoms with E-state index in [1.807, 2.05) is 20.8 Å². The van der Waals surface area contributed by atoms with Crippen molar-refractivity contribution in [3.8, 4) is 0 Å². The minimum atomic E-state index is -0.948. The number of aromatic nitrogens is 1. The number of hydrogen-bond acceptors (Lipinski definition) is 4. The van der Waals surface area contributed by atoms with Crippen molar-refractivity contribution >= 4 is 16.9 Å². The summed E-state index contributed by atoms with van der Waals surface area (Å²) in [6.45, 7) is 9.11. The van der Waals surface area contributed by atoms with E-state index in [2.05, 4.69) is 4.98 Å². The second kappa shape index (κ2) is 6.24. The van der Waals surface area contributed by atoms with Gasteiger partial charge in [-0.15, -0.1) is 0 Å². The molecule has 23 heavy (non-hydrogen) atoms. The molecule has 0 aliphatic heterocycles. The Kier molecular flexibility index (Phi) is 4.71. The van der Waals surface area contributed by atoms with E-state index in [4.69, 9.17) is 9.47 Å². The van der Waals surface area contributed by atoms with Crippen LogP contribution >= 0.6 is 0 Å². The zero-order valence-electron chi connectivity index (χ0n) is 14.4. The number of fused-ring (bicyclic) bond motifs is 1. The van der Waals surface area contributed by atoms with E-state index in [1.165, 1.54) is 13.2 Å². The van der Waals surface area contributed by atoms with E-state index < -0.39 is 17.7 Å². The number of carbonyl (C=O) groups is 1. The molecule has 0 spiro atoms. The number of aryl methyl sites for hydroxylation is 2. The molecule has 0 saturated carbocycles. The summed E-state index contributed by atoms with van der Waals surface area (Å²) in [5.41, 5.74) is 1.82. The van der Waals surface area contributed by atoms with E-state index in [0.29, 0.717) is 27.7 Å². The summed E-state index contributed by atoms with van der Waals surface area (Å²) in [5.74, 6) is -0.892. The number of rotatable bonds is 3. The van der Waals surface area contributed by atoms with Crippen LogP contribution in [0.4, 0.5) is 4.39 Å². The maximum absolute atomic E-state index is 14.2. The predicted octanol–water partition coefficient (Wildman–Crippen LogP) is 4.02. The van der Waals surface area contributed by atoms with Crippen LogP contribution in [0.1, 0.15) is 43.7 Å². The number of ether oxygens (including phenoxy) is 2. The zero-order valence-corrected chi connectivity index (χ0v) is 14.4. The van der Waals surface area contributed by atoms with E-state index in [9.17, 15) is 9.18 Å². The molecule has 4 nitrogen and oxygen atoms in total. The average molecular weight is 319 g/mol. The van der Waals surface area contributed by atoms with Crippen molar-refractivity contribution in [2.24, 2.45) is 0 Å². The van der Waals surface area contributed by atoms with Gasteiger partial charge in [0.1, 0.15) is 5.82 Å². The fraction of sp³-hybridized carbons (Fsp3) is 0.444. The van der Waals surface area contributed by atoms with E-state index in [1.54, 1.807) is 26.0 Å². The molecule has 1 heterocycles. The quantitative estimate of drug-likeness (QED) is 0.802. The van der Waals surface area contributed by atoms with Gasteiger partial charge in [0.2, 0.25) is 0 Å². The second-order valence-electron chi connectivity index (χ2n) is 6.50. The standard InChI is InChI=1S/C18H22FNO3/c1-10-14(16(17(21)22-6)23-18(3,4)5)11(2)20-13-9-7-8-12(19)15(10)13/h7-9,16H,1-6H3/t16-/m0/s1. The Labute approximate surface area is 135 Å². The Morgan fingerprint density at radius 3 is 2.48 bits per heavy atom. The number of benzene rings is 1. The molecular weight excluding hydrogens is 297 g/mol. The van der Waals surface area contributed by atoms with Crippen LogP contribution in [0.25, 0.3) is 10.9 Å². The molecule has 1 aromatic carbocycles. The Bertz CT molecular complexity index is 750. The van der Waals surface area contributed by atoms with Crippen molar-refractivity contribution in [2.45, 2.75) is 46.3 Å². The van der Waals surface area contributed by atoms with Crippen molar-refractivity contribution in [1.29, 1.82) is 0 Å². The summed E-state index contributed by atoms with van der Waals surface area (Å²) in [6, 6.07) is 4.75. The van der Waals surface area contributed by atoms with Gasteiger partial charge in [-0.2, -0.15) is 0 Å². The Balaban J connectivity index is 2.72. The lowest BCUT2D eigenvalue weighted by molar-refractivity contribution is -0.164. The monoisotopic (exact) mass is 319 g/mol. The van der Waals surface area contributed by atoms with Gasteiger partial charge in [0.15, 0.2) is 6.10 Å². The van der Waals surface area contributed by atoms with Crippen LogP contribution in [-0.2, 0) is 14.3 Å². The van der Waals surface area contributed by atoms with E-state index in [0.717, 1.165) is 0 Å². The first-order chi connectivity index (χ1) is 10.7. The summed E-state index contributed by atoms with van der Waals surface area (Å²) in [6.07, 6.45) is -0.948. The summed E-state index contributed by atoms with van der Waals surface area (Å²) in [7, 11) is 1.31. The number of pyridine rings is 1. The van der Waals surface area contributed by atoms with Gasteiger partial charge in [-0.1, -0.05) is 6.07 Å². The minimum Gasteiger partial charge on any atom is -0.467 e. The number of methoxy groups -OCH3 is 1. The van der Waals surface area contributed by atoms with Gasteiger partial charge in [-0.05, 0) is 52.3 Å². The lowest BCUT2D eigenvalue weighted by atomic mass is 9.96. The van der Waals surface area contributed by atoms with Crippen LogP contribution in [0, 0.1) is 19.7 Å². The Morgan fingerprint density at radius 2 is 1.91 bits per heavy atom. The maximum Gasteiger partial charge on any atom is 0.339 e. The first-order valence-corrected chi connectivity index (χ1v) is 7.46. The number of carbonyl (C=O) groups excluding carboxylic acids is 1. The first-order valence-electron chi connectivity index (χ1n) is 7.46. The summed E-state index contributed by atoms with van der Waals surface area (Å²) < 4.78 is 25.0. The molecule has 2 aromatic rings. The van der Waals surface area contributed by atoms with Crippen molar-refractivity contribution in [3.05, 3.63) is 40.8 Å². The lowest BCUT2D eigenvalue weighted by Gasteiger charge is -2.28. The fourth-order valence-corrected chi connectivity index (χ4v) is 2.70. The van der Waals surface area contributed by atoms with Crippen LogP contribution in [-0.4, -0.2) is 23.7 Å². The highest BCUT2D eigenvalue weighted by Gasteiger charge is 2.32. The molecule has 1 atom stereocenters. The molecule has 124 valence electrons. The highest BCUT2D eigenvalue weighted by molar-refractivity contribution is 5.87. The molecule has 0 bridgehead atoms. The van der Waals surface area contributed by atoms with E-state index >= 15 is 0 Å². The summed E-state index contributed by atoms with van der Waals surface area (Å²) in [4.78, 5) is 16.7. The van der Waals surface area contributed by atoms with Crippen LogP contribution in [0.15, 0.2) is 18.2 Å². The third-order valence-corrected chi connectivity index (χ3v) is 3.60. The summed E-state index contributed by atoms with van der Waals surface area (Å²) in [5, 5.41) is 0.402. The smallest absolute Gasteiger partial charge is 0.339 e. The number of hydrogen-bond donors (Lipinski definition) is 0. The second-order valence-corrected chi connectivity index (χ2v) is 6.50. The molecule has 0 unspecified atom stereocenters. The van der Waals surface area contributed by atoms with Crippen LogP contribution in [0.3, 0.4) is 0 Å². The lowest BCUT2D eigenvalue weighted by Crippen LogP contribution is -2.29. The van der Waals surface area contributed by atoms with Gasteiger partial charge < -0.3 is 9.47 Å². The van der Waals surface area contributed by atoms with Gasteiger partial charge >= 0.3 is 5.97 Å². The third kappa shape index (κ3) is 3.50. The molecule has 1 aromatic heterocycles. The number of esters is 1. The molecule has 0 aliphatic carbocycles. The zero-order chi connectivity index (χ0) is 17.4. The number of nitrogens with zero attached hydrogens (tertiary/aromatic N) is 1. The molecule has 0 aliphatic rings. The molecule has 0 radical (unpaired) electrons. The molecule has 0 saturated heterocycles. The van der Waals surface area contributed by atoms with Crippen LogP contribution in [0.5, 0.6) is 0 Å². The SMILES string of the molecule is COC(=O)[C@@H](OC(C)(C)C)c1c(C)nc2cccc(F)c2c1C. The van der Waals surface area contributed by atoms with Gasteiger partial charge in [0, 0.05) is 16.6 Å². The highest BCUT2D eigenvalue weighted by Crippen LogP contribution is 2.33. The van der Waals surface area contributed by atoms with Crippen molar-refractivity contribution in [1.82, 2.24) is 4.98 Å². The number of halogens is 1. The molecule has 0 N–H and O–H groups in total. The van der Waals surface area contributed by atoms with Gasteiger partial charge in [0.25, 0.3) is 0 Å². The van der Waals surface area contributed by atoms with Crippen molar-refractivity contribution in [2.75, 3.05) is 7.11 Å². The molecule has 2 rings (SSSR count). The first kappa shape index (κ1) is 17.3. The maximum atomic E-state index is 14.2. The average Bonchev–Trinajstić information content (AvgIpc) is 2.43. The fourth-order valence-electron chi connectivity index (χ4n) is 2.70. The topological polar surface area (TPSA) is 48.4 Å². The molecule has 0 amide bonds. The molecule has 0 fully saturated rings. The Hall–Kier alpha value is -2.01. The summed E-state index contributed by atoms with van der Waals surface area (Å²) >= 11 is 0. The Morgan fingerprint density at radius 1 is 1.26 bits per heavy atom. The highest BCUT2D eigenvalue weighted by atomic mass is 19.1. The molecule has 5 heteroatoms. The van der Waals surface area contributed by atoms with Crippen LogP contribution in [0.2, 0.25) is 0 Å². The van der Waals surface area contributed by atoms with E-state index in [-0.39, 0.29) is 5.82 Å². The van der Waals surface area contributed by atoms with Gasteiger partial charge in [0.05, 0.1) is 18.2 Å². The van der Waals surface area contributed by atoms with Crippen molar-refractivity contribution in [3.63, 3.8) is 0 Å². The van der Waals surface area contributed by atoms with Gasteiger partial charge in [-0.3, -0.25) is 4.98 Å². The normalized spacial score (nSPS) is 13.2. The largest absolute Gasteiger partial charge is 0.467 e. The third-order valence-electron chi connectivity index (χ3n) is 3.60. The van der Waals surface area contributed by atoms with Crippen molar-refractivity contribution < 1.29 is 18.7 Å². The minimum absolute atomic E-state index is 0.367. The molecular formula is C18H22FNO3. The van der Waals surface area contributed by atoms with Crippen LogP contribution < -0.4 is 0 Å². The van der Waals surface area contributed by atoms with Gasteiger partial charge in [-0.25, -0.2) is 9.18 Å².